The molecule has 2 saturated heterocycles. The second kappa shape index (κ2) is 2.73. The summed E-state index contributed by atoms with van der Waals surface area (Å²) in [6.07, 6.45) is 1.51. The normalized spacial score (nSPS) is 41.7. The zero-order valence-corrected chi connectivity index (χ0v) is 6.84. The van der Waals surface area contributed by atoms with Crippen molar-refractivity contribution >= 4 is 0 Å². The first-order valence-corrected chi connectivity index (χ1v) is 4.12. The van der Waals surface area contributed by atoms with Gasteiger partial charge in [0.2, 0.25) is 0 Å². The molecule has 3 heteroatoms. The van der Waals surface area contributed by atoms with Crippen LogP contribution in [-0.2, 0) is 14.2 Å². The molecule has 0 aromatic heterocycles. The maximum atomic E-state index is 5.41. The van der Waals surface area contributed by atoms with E-state index in [1.807, 2.05) is 0 Å². The van der Waals surface area contributed by atoms with Crippen molar-refractivity contribution in [1.82, 2.24) is 0 Å². The largest absolute Gasteiger partial charge is 0.376 e. The van der Waals surface area contributed by atoms with E-state index in [1.54, 1.807) is 0 Å². The fourth-order valence-electron chi connectivity index (χ4n) is 1.03. The summed E-state index contributed by atoms with van der Waals surface area (Å²) in [5, 5.41) is 0. The third kappa shape index (κ3) is 1.92. The van der Waals surface area contributed by atoms with Crippen LogP contribution in [0.4, 0.5) is 0 Å². The van der Waals surface area contributed by atoms with Crippen LogP contribution in [0.5, 0.6) is 0 Å². The number of epoxide rings is 1. The second-order valence-corrected chi connectivity index (χ2v) is 3.54. The van der Waals surface area contributed by atoms with Gasteiger partial charge in [-0.1, -0.05) is 0 Å². The Morgan fingerprint density at radius 1 is 1.64 bits per heavy atom. The second-order valence-electron chi connectivity index (χ2n) is 3.54. The van der Waals surface area contributed by atoms with E-state index in [-0.39, 0.29) is 5.60 Å². The standard InChI is InChI=1S/C8H14O3/c1-8(6-11-8)5-9-4-7-2-3-10-7/h7H,2-6H2,1H3. The van der Waals surface area contributed by atoms with Crippen LogP contribution >= 0.6 is 0 Å². The predicted molar refractivity (Wildman–Crippen MR) is 39.5 cm³/mol. The summed E-state index contributed by atoms with van der Waals surface area (Å²) in [6.45, 7) is 5.26. The van der Waals surface area contributed by atoms with Crippen LogP contribution in [-0.4, -0.2) is 38.1 Å². The van der Waals surface area contributed by atoms with Crippen molar-refractivity contribution in [2.24, 2.45) is 0 Å². The lowest BCUT2D eigenvalue weighted by Gasteiger charge is -2.26. The van der Waals surface area contributed by atoms with Gasteiger partial charge in [0.15, 0.2) is 0 Å². The Hall–Kier alpha value is -0.120. The molecule has 2 unspecified atom stereocenters. The lowest BCUT2D eigenvalue weighted by Crippen LogP contribution is -2.32. The van der Waals surface area contributed by atoms with Crippen molar-refractivity contribution in [3.8, 4) is 0 Å². The van der Waals surface area contributed by atoms with Crippen LogP contribution in [0.1, 0.15) is 13.3 Å². The zero-order valence-electron chi connectivity index (χ0n) is 6.84. The maximum absolute atomic E-state index is 5.41. The summed E-state index contributed by atoms with van der Waals surface area (Å²) in [6, 6.07) is 0. The van der Waals surface area contributed by atoms with Gasteiger partial charge in [0.1, 0.15) is 5.60 Å². The van der Waals surface area contributed by atoms with Gasteiger partial charge in [0.25, 0.3) is 0 Å². The summed E-state index contributed by atoms with van der Waals surface area (Å²) < 4.78 is 15.8. The van der Waals surface area contributed by atoms with E-state index >= 15 is 0 Å². The van der Waals surface area contributed by atoms with Gasteiger partial charge in [-0.15, -0.1) is 0 Å². The van der Waals surface area contributed by atoms with Gasteiger partial charge in [-0.2, -0.15) is 0 Å². The lowest BCUT2D eigenvalue weighted by atomic mass is 10.2. The molecule has 0 aromatic rings. The molecule has 2 atom stereocenters. The Kier molecular flexibility index (Phi) is 1.87. The first kappa shape index (κ1) is 7.53. The molecule has 64 valence electrons. The molecule has 2 fully saturated rings. The molecule has 0 radical (unpaired) electrons. The molecular formula is C8H14O3. The van der Waals surface area contributed by atoms with Crippen LogP contribution in [0.3, 0.4) is 0 Å². The molecule has 2 rings (SSSR count). The highest BCUT2D eigenvalue weighted by atomic mass is 16.6. The summed E-state index contributed by atoms with van der Waals surface area (Å²) >= 11 is 0. The van der Waals surface area contributed by atoms with Gasteiger partial charge in [-0.05, 0) is 13.3 Å². The Morgan fingerprint density at radius 2 is 2.36 bits per heavy atom. The Balaban J connectivity index is 1.53. The highest BCUT2D eigenvalue weighted by Crippen LogP contribution is 2.26. The van der Waals surface area contributed by atoms with Crippen molar-refractivity contribution in [2.45, 2.75) is 25.0 Å². The Morgan fingerprint density at radius 3 is 2.82 bits per heavy atom. The molecule has 0 spiro atoms. The van der Waals surface area contributed by atoms with E-state index in [0.717, 1.165) is 26.2 Å². The smallest absolute Gasteiger partial charge is 0.112 e. The van der Waals surface area contributed by atoms with Gasteiger partial charge in [0.05, 0.1) is 25.9 Å². The predicted octanol–water partition coefficient (Wildman–Crippen LogP) is 0.581. The van der Waals surface area contributed by atoms with Crippen molar-refractivity contribution in [1.29, 1.82) is 0 Å². The third-order valence-corrected chi connectivity index (χ3v) is 2.14. The average Bonchev–Trinajstić information content (AvgIpc) is 2.57. The highest BCUT2D eigenvalue weighted by Gasteiger charge is 2.39. The molecule has 0 aliphatic carbocycles. The minimum atomic E-state index is 0.0315. The van der Waals surface area contributed by atoms with Crippen LogP contribution in [0, 0.1) is 0 Å². The first-order chi connectivity index (χ1) is 5.29. The minimum absolute atomic E-state index is 0.0315. The molecule has 0 aromatic carbocycles. The number of rotatable bonds is 4. The maximum Gasteiger partial charge on any atom is 0.112 e. The molecule has 2 aliphatic heterocycles. The topological polar surface area (TPSA) is 31.0 Å². The number of hydrogen-bond acceptors (Lipinski definition) is 3. The molecule has 2 aliphatic rings. The van der Waals surface area contributed by atoms with Gasteiger partial charge >= 0.3 is 0 Å². The van der Waals surface area contributed by atoms with Gasteiger partial charge < -0.3 is 14.2 Å². The van der Waals surface area contributed by atoms with Crippen LogP contribution in [0.2, 0.25) is 0 Å². The van der Waals surface area contributed by atoms with Crippen molar-refractivity contribution < 1.29 is 14.2 Å². The van der Waals surface area contributed by atoms with Crippen molar-refractivity contribution in [3.63, 3.8) is 0 Å². The Labute approximate surface area is 66.6 Å². The fraction of sp³-hybridized carbons (Fsp3) is 1.00. The summed E-state index contributed by atoms with van der Waals surface area (Å²) in [4.78, 5) is 0. The lowest BCUT2D eigenvalue weighted by molar-refractivity contribution is -0.0981. The fourth-order valence-corrected chi connectivity index (χ4v) is 1.03. The van der Waals surface area contributed by atoms with Gasteiger partial charge in [-0.25, -0.2) is 0 Å². The third-order valence-electron chi connectivity index (χ3n) is 2.14. The molecule has 0 saturated carbocycles. The molecule has 3 nitrogen and oxygen atoms in total. The van der Waals surface area contributed by atoms with Crippen molar-refractivity contribution in [2.75, 3.05) is 26.4 Å². The molecular weight excluding hydrogens is 144 g/mol. The van der Waals surface area contributed by atoms with Gasteiger partial charge in [-0.3, -0.25) is 0 Å². The summed E-state index contributed by atoms with van der Waals surface area (Å²) in [5.74, 6) is 0. The molecule has 0 N–H and O–H groups in total. The summed E-state index contributed by atoms with van der Waals surface area (Å²) in [7, 11) is 0. The highest BCUT2D eigenvalue weighted by molar-refractivity contribution is 4.86. The number of hydrogen-bond donors (Lipinski definition) is 0. The monoisotopic (exact) mass is 158 g/mol. The first-order valence-electron chi connectivity index (χ1n) is 4.12. The van der Waals surface area contributed by atoms with E-state index < -0.39 is 0 Å². The van der Waals surface area contributed by atoms with Crippen molar-refractivity contribution in [3.05, 3.63) is 0 Å². The van der Waals surface area contributed by atoms with E-state index in [9.17, 15) is 0 Å². The Bertz CT molecular complexity index is 138. The molecule has 2 heterocycles. The molecule has 0 amide bonds. The van der Waals surface area contributed by atoms with Crippen LogP contribution < -0.4 is 0 Å². The van der Waals surface area contributed by atoms with Gasteiger partial charge in [0, 0.05) is 6.61 Å². The van der Waals surface area contributed by atoms with E-state index in [2.05, 4.69) is 6.92 Å². The summed E-state index contributed by atoms with van der Waals surface area (Å²) in [5.41, 5.74) is 0.0315. The molecule has 11 heavy (non-hydrogen) atoms. The van der Waals surface area contributed by atoms with E-state index in [0.29, 0.717) is 12.7 Å². The van der Waals surface area contributed by atoms with E-state index in [1.165, 1.54) is 0 Å². The molecule has 0 bridgehead atoms. The SMILES string of the molecule is CC1(COCC2CCO2)CO1. The van der Waals surface area contributed by atoms with Crippen LogP contribution in [0.25, 0.3) is 0 Å². The quantitative estimate of drug-likeness (QED) is 0.561. The number of ether oxygens (including phenoxy) is 3. The zero-order chi connectivity index (χ0) is 7.73. The van der Waals surface area contributed by atoms with Crippen LogP contribution in [0.15, 0.2) is 0 Å². The average molecular weight is 158 g/mol. The minimum Gasteiger partial charge on any atom is -0.376 e. The van der Waals surface area contributed by atoms with E-state index in [4.69, 9.17) is 14.2 Å².